The maximum atomic E-state index is 12.0. The Morgan fingerprint density at radius 3 is 2.48 bits per heavy atom. The number of nitrogens with one attached hydrogen (secondary N) is 1. The zero-order valence-corrected chi connectivity index (χ0v) is 15.5. The van der Waals surface area contributed by atoms with E-state index in [1.54, 1.807) is 24.3 Å². The minimum absolute atomic E-state index is 0.0688. The molecule has 25 heavy (non-hydrogen) atoms. The van der Waals surface area contributed by atoms with Gasteiger partial charge in [-0.25, -0.2) is 9.78 Å². The number of ether oxygens (including phenoxy) is 1. The second kappa shape index (κ2) is 8.58. The zero-order chi connectivity index (χ0) is 18.6. The first-order valence-electron chi connectivity index (χ1n) is 6.78. The van der Waals surface area contributed by atoms with Crippen LogP contribution in [0.3, 0.4) is 0 Å². The molecule has 1 aromatic carbocycles. The third-order valence-corrected chi connectivity index (χ3v) is 4.54. The van der Waals surface area contributed by atoms with Crippen molar-refractivity contribution in [1.82, 2.24) is 10.3 Å². The Morgan fingerprint density at radius 1 is 1.12 bits per heavy atom. The lowest BCUT2D eigenvalue weighted by molar-refractivity contribution is -0.124. The summed E-state index contributed by atoms with van der Waals surface area (Å²) in [6.07, 6.45) is 0. The maximum Gasteiger partial charge on any atom is 0.359 e. The second-order valence-electron chi connectivity index (χ2n) is 4.74. The predicted octanol–water partition coefficient (Wildman–Crippen LogP) is 3.75. The number of anilines is 1. The first-order valence-corrected chi connectivity index (χ1v) is 8.29. The molecule has 132 valence electrons. The second-order valence-corrected chi connectivity index (χ2v) is 6.26. The van der Waals surface area contributed by atoms with Crippen LogP contribution in [0.15, 0.2) is 24.3 Å². The Morgan fingerprint density at radius 2 is 1.80 bits per heavy atom. The molecular formula is C15H11Cl4N3O3. The van der Waals surface area contributed by atoms with Gasteiger partial charge >= 0.3 is 5.97 Å². The number of nitrogen functional groups attached to an aromatic ring is 1. The van der Waals surface area contributed by atoms with Crippen molar-refractivity contribution in [2.75, 3.05) is 12.3 Å². The molecule has 10 heteroatoms. The van der Waals surface area contributed by atoms with Crippen LogP contribution in [0.25, 0.3) is 0 Å². The quantitative estimate of drug-likeness (QED) is 0.565. The fraction of sp³-hybridized carbons (Fsp3) is 0.133. The lowest BCUT2D eigenvalue weighted by Crippen LogP contribution is -2.28. The molecule has 3 N–H and O–H groups in total. The van der Waals surface area contributed by atoms with Crippen molar-refractivity contribution in [3.8, 4) is 0 Å². The van der Waals surface area contributed by atoms with Crippen molar-refractivity contribution >= 4 is 64.0 Å². The summed E-state index contributed by atoms with van der Waals surface area (Å²) in [6, 6.07) is 7.02. The van der Waals surface area contributed by atoms with Gasteiger partial charge < -0.3 is 15.8 Å². The Bertz CT molecular complexity index is 830. The Labute approximate surface area is 163 Å². The molecule has 0 atom stereocenters. The lowest BCUT2D eigenvalue weighted by atomic mass is 10.2. The summed E-state index contributed by atoms with van der Waals surface area (Å²) < 4.78 is 4.85. The van der Waals surface area contributed by atoms with E-state index in [1.807, 2.05) is 0 Å². The van der Waals surface area contributed by atoms with Crippen molar-refractivity contribution in [2.24, 2.45) is 0 Å². The Hall–Kier alpha value is -1.73. The van der Waals surface area contributed by atoms with Crippen LogP contribution in [0.5, 0.6) is 0 Å². The van der Waals surface area contributed by atoms with E-state index in [0.717, 1.165) is 5.56 Å². The number of hydrogen-bond donors (Lipinski definition) is 2. The summed E-state index contributed by atoms with van der Waals surface area (Å²) in [5, 5.41) is 2.62. The van der Waals surface area contributed by atoms with Crippen molar-refractivity contribution < 1.29 is 14.3 Å². The molecule has 0 aliphatic heterocycles. The van der Waals surface area contributed by atoms with E-state index >= 15 is 0 Å². The average molecular weight is 423 g/mol. The monoisotopic (exact) mass is 421 g/mol. The number of esters is 1. The highest BCUT2D eigenvalue weighted by atomic mass is 35.5. The van der Waals surface area contributed by atoms with Crippen LogP contribution in [-0.4, -0.2) is 23.5 Å². The van der Waals surface area contributed by atoms with Crippen molar-refractivity contribution in [1.29, 1.82) is 0 Å². The van der Waals surface area contributed by atoms with Gasteiger partial charge in [-0.15, -0.1) is 0 Å². The number of carbonyl (C=O) groups excluding carboxylic acids is 2. The van der Waals surface area contributed by atoms with E-state index in [1.165, 1.54) is 0 Å². The number of benzene rings is 1. The van der Waals surface area contributed by atoms with Crippen LogP contribution in [0.1, 0.15) is 16.1 Å². The smallest absolute Gasteiger partial charge is 0.359 e. The van der Waals surface area contributed by atoms with Crippen molar-refractivity contribution in [3.63, 3.8) is 0 Å². The summed E-state index contributed by atoms with van der Waals surface area (Å²) in [6.45, 7) is -0.351. The fourth-order valence-corrected chi connectivity index (χ4v) is 2.54. The van der Waals surface area contributed by atoms with Gasteiger partial charge in [-0.3, -0.25) is 4.79 Å². The van der Waals surface area contributed by atoms with Crippen LogP contribution < -0.4 is 11.1 Å². The lowest BCUT2D eigenvalue weighted by Gasteiger charge is -2.10. The number of rotatable bonds is 5. The highest BCUT2D eigenvalue weighted by Gasteiger charge is 2.21. The molecule has 0 fully saturated rings. The van der Waals surface area contributed by atoms with Gasteiger partial charge in [0, 0.05) is 11.6 Å². The molecule has 6 nitrogen and oxygen atoms in total. The average Bonchev–Trinajstić information content (AvgIpc) is 2.60. The molecule has 2 rings (SSSR count). The fourth-order valence-electron chi connectivity index (χ4n) is 1.75. The van der Waals surface area contributed by atoms with Gasteiger partial charge in [0.2, 0.25) is 0 Å². The van der Waals surface area contributed by atoms with Gasteiger partial charge in [-0.05, 0) is 11.6 Å². The highest BCUT2D eigenvalue weighted by Crippen LogP contribution is 2.34. The first kappa shape index (κ1) is 19.6. The SMILES string of the molecule is Nc1c(Cl)c(Cl)nc(C(=O)OCC(=O)NCc2ccccc2Cl)c1Cl. The van der Waals surface area contributed by atoms with E-state index in [4.69, 9.17) is 56.9 Å². The summed E-state index contributed by atoms with van der Waals surface area (Å²) in [5.41, 5.74) is 5.92. The number of amides is 1. The van der Waals surface area contributed by atoms with Crippen molar-refractivity contribution in [2.45, 2.75) is 6.54 Å². The molecule has 1 heterocycles. The molecule has 0 spiro atoms. The number of nitrogens with two attached hydrogens (primary N) is 1. The minimum atomic E-state index is -0.955. The normalized spacial score (nSPS) is 10.4. The van der Waals surface area contributed by atoms with Crippen LogP contribution in [0.2, 0.25) is 20.2 Å². The largest absolute Gasteiger partial charge is 0.451 e. The predicted molar refractivity (Wildman–Crippen MR) is 97.3 cm³/mol. The zero-order valence-electron chi connectivity index (χ0n) is 12.5. The van der Waals surface area contributed by atoms with Crippen LogP contribution >= 0.6 is 46.4 Å². The van der Waals surface area contributed by atoms with E-state index < -0.39 is 18.5 Å². The van der Waals surface area contributed by atoms with Gasteiger partial charge in [0.1, 0.15) is 5.02 Å². The van der Waals surface area contributed by atoms with Crippen LogP contribution in [0.4, 0.5) is 5.69 Å². The minimum Gasteiger partial charge on any atom is -0.451 e. The summed E-state index contributed by atoms with van der Waals surface area (Å²) in [5.74, 6) is -1.49. The van der Waals surface area contributed by atoms with E-state index in [0.29, 0.717) is 5.02 Å². The van der Waals surface area contributed by atoms with Crippen LogP contribution in [0, 0.1) is 0 Å². The molecule has 1 amide bonds. The molecule has 0 aliphatic rings. The number of pyridine rings is 1. The summed E-state index contributed by atoms with van der Waals surface area (Å²) in [4.78, 5) is 27.5. The summed E-state index contributed by atoms with van der Waals surface area (Å²) >= 11 is 23.4. The van der Waals surface area contributed by atoms with Gasteiger partial charge in [0.25, 0.3) is 5.91 Å². The maximum absolute atomic E-state index is 12.0. The van der Waals surface area contributed by atoms with E-state index in [9.17, 15) is 9.59 Å². The molecule has 0 saturated heterocycles. The topological polar surface area (TPSA) is 94.3 Å². The van der Waals surface area contributed by atoms with E-state index in [2.05, 4.69) is 10.3 Å². The first-order chi connectivity index (χ1) is 11.8. The Kier molecular flexibility index (Phi) is 6.72. The molecular weight excluding hydrogens is 412 g/mol. The number of nitrogens with zero attached hydrogens (tertiary/aromatic N) is 1. The van der Waals surface area contributed by atoms with E-state index in [-0.39, 0.29) is 33.1 Å². The molecule has 1 aromatic heterocycles. The van der Waals surface area contributed by atoms with Gasteiger partial charge in [-0.2, -0.15) is 0 Å². The molecule has 0 aliphatic carbocycles. The molecule has 0 unspecified atom stereocenters. The molecule has 0 radical (unpaired) electrons. The number of hydrogen-bond acceptors (Lipinski definition) is 5. The molecule has 2 aromatic rings. The number of aromatic nitrogens is 1. The summed E-state index contributed by atoms with van der Waals surface area (Å²) in [7, 11) is 0. The Balaban J connectivity index is 1.94. The van der Waals surface area contributed by atoms with Crippen molar-refractivity contribution in [3.05, 3.63) is 55.7 Å². The standard InChI is InChI=1S/C15H11Cl4N3O3/c16-8-4-2-1-3-7(8)5-21-9(23)6-25-15(24)13-10(17)12(20)11(18)14(19)22-13/h1-4H,5-6H2,(H2,20,22)(H,21,23). The molecule has 0 saturated carbocycles. The third-order valence-electron chi connectivity index (χ3n) is 3.03. The van der Waals surface area contributed by atoms with Gasteiger partial charge in [-0.1, -0.05) is 64.6 Å². The van der Waals surface area contributed by atoms with Crippen LogP contribution in [-0.2, 0) is 16.1 Å². The van der Waals surface area contributed by atoms with Gasteiger partial charge in [0.15, 0.2) is 17.5 Å². The number of halogens is 4. The molecule has 0 bridgehead atoms. The highest BCUT2D eigenvalue weighted by molar-refractivity contribution is 6.46. The van der Waals surface area contributed by atoms with Gasteiger partial charge in [0.05, 0.1) is 10.7 Å². The number of carbonyl (C=O) groups is 2. The third kappa shape index (κ3) is 4.89.